The summed E-state index contributed by atoms with van der Waals surface area (Å²) < 4.78 is 0. The van der Waals surface area contributed by atoms with Gasteiger partial charge in [0.25, 0.3) is 0 Å². The number of rotatable bonds is 4. The number of fused-ring (bicyclic) bond motifs is 12. The van der Waals surface area contributed by atoms with Gasteiger partial charge in [-0.15, -0.1) is 0 Å². The first-order valence-electron chi connectivity index (χ1n) is 22.4. The fourth-order valence-corrected chi connectivity index (χ4v) is 11.9. The van der Waals surface area contributed by atoms with Crippen LogP contribution in [-0.4, -0.2) is 0 Å². The van der Waals surface area contributed by atoms with Gasteiger partial charge in [0.05, 0.1) is 11.1 Å². The van der Waals surface area contributed by atoms with Crippen molar-refractivity contribution in [2.45, 2.75) is 84.0 Å². The van der Waals surface area contributed by atoms with E-state index in [0.29, 0.717) is 0 Å². The molecule has 0 heterocycles. The number of hydrogen-bond donors (Lipinski definition) is 0. The fourth-order valence-electron chi connectivity index (χ4n) is 11.9. The van der Waals surface area contributed by atoms with Gasteiger partial charge in [-0.3, -0.25) is 0 Å². The van der Waals surface area contributed by atoms with Crippen LogP contribution in [0.2, 0.25) is 0 Å². The first kappa shape index (κ1) is 38.5. The van der Waals surface area contributed by atoms with Gasteiger partial charge in [-0.25, -0.2) is 0 Å². The molecule has 8 aromatic carbocycles. The maximum atomic E-state index is 2.57. The topological polar surface area (TPSA) is 3.24 Å². The van der Waals surface area contributed by atoms with Gasteiger partial charge in [-0.2, -0.15) is 0 Å². The number of nitrogens with zero attached hydrogens (tertiary/aromatic N) is 1. The summed E-state index contributed by atoms with van der Waals surface area (Å²) in [5.41, 5.74) is 25.5. The van der Waals surface area contributed by atoms with E-state index in [9.17, 15) is 0 Å². The minimum absolute atomic E-state index is 0.105. The molecule has 8 aromatic rings. The van der Waals surface area contributed by atoms with E-state index < -0.39 is 5.41 Å². The maximum absolute atomic E-state index is 2.57. The van der Waals surface area contributed by atoms with Crippen LogP contribution < -0.4 is 4.90 Å². The largest absolute Gasteiger partial charge is 0.310 e. The molecule has 1 nitrogen and oxygen atoms in total. The van der Waals surface area contributed by atoms with Gasteiger partial charge in [-0.05, 0) is 150 Å². The van der Waals surface area contributed by atoms with Crippen molar-refractivity contribution < 1.29 is 0 Å². The van der Waals surface area contributed by atoms with Crippen LogP contribution in [0.1, 0.15) is 110 Å². The monoisotopic (exact) mass is 801 g/mol. The fraction of sp³-hybridized carbons (Fsp3) is 0.213. The second kappa shape index (κ2) is 13.3. The summed E-state index contributed by atoms with van der Waals surface area (Å²) in [7, 11) is 0. The molecule has 0 bridgehead atoms. The Morgan fingerprint density at radius 3 is 1.34 bits per heavy atom. The average molecular weight is 802 g/mol. The number of benzene rings is 8. The molecule has 11 rings (SSSR count). The molecule has 0 saturated carbocycles. The van der Waals surface area contributed by atoms with Crippen molar-refractivity contribution >= 4 is 17.1 Å². The van der Waals surface area contributed by atoms with Crippen molar-refractivity contribution in [3.63, 3.8) is 0 Å². The van der Waals surface area contributed by atoms with Crippen LogP contribution in [-0.2, 0) is 21.7 Å². The van der Waals surface area contributed by atoms with E-state index in [-0.39, 0.29) is 16.2 Å². The maximum Gasteiger partial charge on any atom is 0.0720 e. The molecule has 0 N–H and O–H groups in total. The standard InChI is InChI=1S/C61H55N/c1-38-34-41(40-26-28-42(29-27-40)58(3,4)5)35-39(2)57(38)62(43-30-32-47-45-18-10-12-20-49(45)59(6,7)55(47)36-43)44-31-33-48-46-19-11-13-21-50(46)61(56(48)37-44)53-24-16-14-22-51(53)60(8,9)52-23-15-17-25-54(52)61/h10-37H,1-9H3. The van der Waals surface area contributed by atoms with Crippen molar-refractivity contribution in [2.24, 2.45) is 0 Å². The molecule has 1 heteroatoms. The molecule has 304 valence electrons. The van der Waals surface area contributed by atoms with E-state index in [0.717, 1.165) is 5.69 Å². The molecule has 0 aromatic heterocycles. The second-order valence-electron chi connectivity index (χ2n) is 20.3. The SMILES string of the molecule is Cc1cc(-c2ccc(C(C)(C)C)cc2)cc(C)c1N(c1ccc2c(c1)C(C)(C)c1ccccc1-2)c1ccc2c(c1)C1(c3ccccc3-2)c2ccccc2C(C)(C)c2ccccc21. The summed E-state index contributed by atoms with van der Waals surface area (Å²) in [5, 5.41) is 0. The molecule has 1 spiro atoms. The Bertz CT molecular complexity index is 3060. The summed E-state index contributed by atoms with van der Waals surface area (Å²) >= 11 is 0. The number of aryl methyl sites for hydroxylation is 2. The smallest absolute Gasteiger partial charge is 0.0720 e. The molecule has 0 fully saturated rings. The number of hydrogen-bond acceptors (Lipinski definition) is 1. The quantitative estimate of drug-likeness (QED) is 0.171. The molecule has 0 amide bonds. The third-order valence-electron chi connectivity index (χ3n) is 14.9. The third-order valence-corrected chi connectivity index (χ3v) is 14.9. The van der Waals surface area contributed by atoms with Crippen molar-refractivity contribution in [3.05, 3.63) is 231 Å². The molecular weight excluding hydrogens is 747 g/mol. The lowest BCUT2D eigenvalue weighted by Crippen LogP contribution is -2.40. The zero-order valence-electron chi connectivity index (χ0n) is 37.6. The first-order valence-corrected chi connectivity index (χ1v) is 22.4. The molecule has 0 radical (unpaired) electrons. The highest BCUT2D eigenvalue weighted by Gasteiger charge is 2.53. The van der Waals surface area contributed by atoms with Crippen LogP contribution in [0.5, 0.6) is 0 Å². The van der Waals surface area contributed by atoms with Gasteiger partial charge in [0.15, 0.2) is 0 Å². The van der Waals surface area contributed by atoms with Gasteiger partial charge >= 0.3 is 0 Å². The summed E-state index contributed by atoms with van der Waals surface area (Å²) in [6, 6.07) is 65.2. The van der Waals surface area contributed by atoms with E-state index in [1.807, 2.05) is 0 Å². The zero-order valence-corrected chi connectivity index (χ0v) is 37.6. The van der Waals surface area contributed by atoms with Gasteiger partial charge in [0.1, 0.15) is 0 Å². The van der Waals surface area contributed by atoms with Gasteiger partial charge < -0.3 is 4.90 Å². The van der Waals surface area contributed by atoms with Gasteiger partial charge in [-0.1, -0.05) is 182 Å². The van der Waals surface area contributed by atoms with Crippen LogP contribution in [0, 0.1) is 13.8 Å². The highest BCUT2D eigenvalue weighted by Crippen LogP contribution is 2.63. The van der Waals surface area contributed by atoms with E-state index in [1.165, 1.54) is 106 Å². The van der Waals surface area contributed by atoms with Crippen molar-refractivity contribution in [1.82, 2.24) is 0 Å². The van der Waals surface area contributed by atoms with E-state index in [1.54, 1.807) is 0 Å². The highest BCUT2D eigenvalue weighted by atomic mass is 15.1. The minimum Gasteiger partial charge on any atom is -0.310 e. The Hall–Kier alpha value is -6.44. The molecule has 0 atom stereocenters. The predicted octanol–water partition coefficient (Wildman–Crippen LogP) is 16.0. The summed E-state index contributed by atoms with van der Waals surface area (Å²) in [5.74, 6) is 0. The van der Waals surface area contributed by atoms with E-state index in [4.69, 9.17) is 0 Å². The Balaban J connectivity index is 1.17. The third kappa shape index (κ3) is 5.27. The highest BCUT2D eigenvalue weighted by molar-refractivity contribution is 5.93. The lowest BCUT2D eigenvalue weighted by atomic mass is 9.55. The number of anilines is 3. The lowest BCUT2D eigenvalue weighted by molar-refractivity contribution is 0.563. The van der Waals surface area contributed by atoms with Crippen molar-refractivity contribution in [2.75, 3.05) is 4.90 Å². The Morgan fingerprint density at radius 1 is 0.371 bits per heavy atom. The Kier molecular flexibility index (Phi) is 8.24. The normalized spacial score (nSPS) is 15.6. The van der Waals surface area contributed by atoms with Crippen LogP contribution in [0.15, 0.2) is 170 Å². The second-order valence-corrected chi connectivity index (χ2v) is 20.3. The molecule has 3 aliphatic carbocycles. The average Bonchev–Trinajstić information content (AvgIpc) is 3.69. The van der Waals surface area contributed by atoms with Crippen LogP contribution in [0.25, 0.3) is 33.4 Å². The predicted molar refractivity (Wildman–Crippen MR) is 262 cm³/mol. The van der Waals surface area contributed by atoms with Gasteiger partial charge in [0.2, 0.25) is 0 Å². The first-order chi connectivity index (χ1) is 29.7. The van der Waals surface area contributed by atoms with Gasteiger partial charge in [0, 0.05) is 22.2 Å². The summed E-state index contributed by atoms with van der Waals surface area (Å²) in [6.07, 6.45) is 0. The summed E-state index contributed by atoms with van der Waals surface area (Å²) in [4.78, 5) is 2.57. The zero-order chi connectivity index (χ0) is 42.9. The Labute approximate surface area is 368 Å². The molecule has 0 saturated heterocycles. The molecule has 0 unspecified atom stereocenters. The summed E-state index contributed by atoms with van der Waals surface area (Å²) in [6.45, 7) is 21.0. The van der Waals surface area contributed by atoms with E-state index in [2.05, 4.69) is 237 Å². The molecular formula is C61H55N. The van der Waals surface area contributed by atoms with E-state index >= 15 is 0 Å². The Morgan fingerprint density at radius 2 is 0.790 bits per heavy atom. The van der Waals surface area contributed by atoms with Crippen molar-refractivity contribution in [1.29, 1.82) is 0 Å². The van der Waals surface area contributed by atoms with Crippen LogP contribution in [0.3, 0.4) is 0 Å². The van der Waals surface area contributed by atoms with Crippen LogP contribution >= 0.6 is 0 Å². The lowest BCUT2D eigenvalue weighted by Gasteiger charge is -2.46. The molecule has 3 aliphatic rings. The van der Waals surface area contributed by atoms with Crippen LogP contribution in [0.4, 0.5) is 17.1 Å². The minimum atomic E-state index is -0.481. The molecule has 62 heavy (non-hydrogen) atoms. The van der Waals surface area contributed by atoms with Crippen molar-refractivity contribution in [3.8, 4) is 33.4 Å². The molecule has 0 aliphatic heterocycles.